The van der Waals surface area contributed by atoms with Crippen LogP contribution in [0, 0.1) is 5.92 Å². The number of aryl methyl sites for hydroxylation is 1. The van der Waals surface area contributed by atoms with Gasteiger partial charge in [0.05, 0.1) is 12.0 Å². The van der Waals surface area contributed by atoms with Crippen LogP contribution < -0.4 is 0 Å². The van der Waals surface area contributed by atoms with E-state index in [1.165, 1.54) is 5.56 Å². The van der Waals surface area contributed by atoms with Gasteiger partial charge in [-0.25, -0.2) is 0 Å². The molecule has 3 heteroatoms. The van der Waals surface area contributed by atoms with Gasteiger partial charge in [0.25, 0.3) is 0 Å². The summed E-state index contributed by atoms with van der Waals surface area (Å²) < 4.78 is 5.29. The van der Waals surface area contributed by atoms with Crippen molar-refractivity contribution in [1.82, 2.24) is 0 Å². The predicted octanol–water partition coefficient (Wildman–Crippen LogP) is 1.93. The van der Waals surface area contributed by atoms with E-state index in [1.54, 1.807) is 6.92 Å². The summed E-state index contributed by atoms with van der Waals surface area (Å²) in [6.45, 7) is 1.71. The van der Waals surface area contributed by atoms with Crippen LogP contribution in [0.15, 0.2) is 30.3 Å². The van der Waals surface area contributed by atoms with Crippen LogP contribution in [0.3, 0.4) is 0 Å². The van der Waals surface area contributed by atoms with Gasteiger partial charge in [0.15, 0.2) is 0 Å². The first-order valence-corrected chi connectivity index (χ1v) is 6.09. The molecule has 0 saturated carbocycles. The summed E-state index contributed by atoms with van der Waals surface area (Å²) in [5, 5.41) is 9.71. The highest BCUT2D eigenvalue weighted by Crippen LogP contribution is 2.23. The summed E-state index contributed by atoms with van der Waals surface area (Å²) >= 11 is 0. The van der Waals surface area contributed by atoms with Gasteiger partial charge in [-0.05, 0) is 25.3 Å². The third kappa shape index (κ3) is 3.07. The van der Waals surface area contributed by atoms with Crippen LogP contribution in [-0.2, 0) is 16.0 Å². The number of carbonyl (C=O) groups is 1. The van der Waals surface area contributed by atoms with Crippen LogP contribution >= 0.6 is 0 Å². The lowest BCUT2D eigenvalue weighted by molar-refractivity contribution is -0.168. The van der Waals surface area contributed by atoms with E-state index in [0.717, 1.165) is 12.8 Å². The normalized spacial score (nSPS) is 28.8. The Morgan fingerprint density at radius 2 is 2.06 bits per heavy atom. The summed E-state index contributed by atoms with van der Waals surface area (Å²) in [5.41, 5.74) is 1.23. The third-order valence-corrected chi connectivity index (χ3v) is 3.33. The average Bonchev–Trinajstić information content (AvgIpc) is 2.34. The van der Waals surface area contributed by atoms with Crippen LogP contribution in [0.5, 0.6) is 0 Å². The SMILES string of the molecule is C[C@H]1C(=O)O[C@H](CCc2ccccc2)C[C@@H]1O. The molecule has 0 spiro atoms. The third-order valence-electron chi connectivity index (χ3n) is 3.33. The number of rotatable bonds is 3. The Morgan fingerprint density at radius 1 is 1.35 bits per heavy atom. The molecule has 17 heavy (non-hydrogen) atoms. The second-order valence-corrected chi connectivity index (χ2v) is 4.67. The first-order chi connectivity index (χ1) is 8.16. The van der Waals surface area contributed by atoms with Gasteiger partial charge in [-0.1, -0.05) is 30.3 Å². The van der Waals surface area contributed by atoms with Crippen molar-refractivity contribution in [3.05, 3.63) is 35.9 Å². The summed E-state index contributed by atoms with van der Waals surface area (Å²) in [7, 11) is 0. The summed E-state index contributed by atoms with van der Waals surface area (Å²) in [4.78, 5) is 11.4. The molecule has 1 aliphatic heterocycles. The second-order valence-electron chi connectivity index (χ2n) is 4.67. The van der Waals surface area contributed by atoms with Gasteiger partial charge < -0.3 is 9.84 Å². The maximum Gasteiger partial charge on any atom is 0.311 e. The van der Waals surface area contributed by atoms with Crippen molar-refractivity contribution < 1.29 is 14.6 Å². The van der Waals surface area contributed by atoms with Crippen molar-refractivity contribution in [2.45, 2.75) is 38.4 Å². The van der Waals surface area contributed by atoms with Crippen LogP contribution in [0.2, 0.25) is 0 Å². The average molecular weight is 234 g/mol. The molecule has 3 atom stereocenters. The molecule has 1 aromatic rings. The van der Waals surface area contributed by atoms with E-state index in [0.29, 0.717) is 6.42 Å². The van der Waals surface area contributed by atoms with Gasteiger partial charge in [0.2, 0.25) is 0 Å². The number of aliphatic hydroxyl groups is 1. The lowest BCUT2D eigenvalue weighted by Crippen LogP contribution is -2.39. The molecule has 3 nitrogen and oxygen atoms in total. The van der Waals surface area contributed by atoms with Crippen LogP contribution in [0.4, 0.5) is 0 Å². The smallest absolute Gasteiger partial charge is 0.311 e. The Hall–Kier alpha value is -1.35. The van der Waals surface area contributed by atoms with Gasteiger partial charge in [-0.15, -0.1) is 0 Å². The molecule has 0 aromatic heterocycles. The van der Waals surface area contributed by atoms with Gasteiger partial charge in [0, 0.05) is 6.42 Å². The number of carbonyl (C=O) groups excluding carboxylic acids is 1. The first kappa shape index (κ1) is 12.1. The molecule has 1 heterocycles. The highest BCUT2D eigenvalue weighted by molar-refractivity contribution is 5.73. The van der Waals surface area contributed by atoms with Gasteiger partial charge in [-0.3, -0.25) is 4.79 Å². The monoisotopic (exact) mass is 234 g/mol. The fourth-order valence-corrected chi connectivity index (χ4v) is 2.10. The highest BCUT2D eigenvalue weighted by Gasteiger charge is 2.33. The standard InChI is InChI=1S/C14H18O3/c1-10-13(15)9-12(17-14(10)16)8-7-11-5-3-2-4-6-11/h2-6,10,12-13,15H,7-9H2,1H3/t10-,12-,13+/m1/s1. The van der Waals surface area contributed by atoms with Gasteiger partial charge in [0.1, 0.15) is 6.10 Å². The Labute approximate surface area is 101 Å². The molecule has 0 bridgehead atoms. The van der Waals surface area contributed by atoms with E-state index in [4.69, 9.17) is 4.74 Å². The zero-order valence-electron chi connectivity index (χ0n) is 10.0. The summed E-state index contributed by atoms with van der Waals surface area (Å²) in [6.07, 6.45) is 1.50. The molecule has 0 aliphatic carbocycles. The minimum atomic E-state index is -0.558. The van der Waals surface area contributed by atoms with E-state index in [9.17, 15) is 9.90 Å². The number of ether oxygens (including phenoxy) is 1. The molecule has 1 aromatic carbocycles. The number of aliphatic hydroxyl groups excluding tert-OH is 1. The Balaban J connectivity index is 1.86. The lowest BCUT2D eigenvalue weighted by atomic mass is 9.93. The van der Waals surface area contributed by atoms with E-state index >= 15 is 0 Å². The topological polar surface area (TPSA) is 46.5 Å². The molecule has 1 N–H and O–H groups in total. The van der Waals surface area contributed by atoms with Gasteiger partial charge in [-0.2, -0.15) is 0 Å². The molecule has 0 amide bonds. The van der Waals surface area contributed by atoms with E-state index < -0.39 is 6.10 Å². The zero-order chi connectivity index (χ0) is 12.3. The zero-order valence-corrected chi connectivity index (χ0v) is 10.0. The second kappa shape index (κ2) is 5.32. The quantitative estimate of drug-likeness (QED) is 0.813. The molecule has 1 saturated heterocycles. The highest BCUT2D eigenvalue weighted by atomic mass is 16.5. The molecule has 2 rings (SSSR count). The lowest BCUT2D eigenvalue weighted by Gasteiger charge is -2.30. The van der Waals surface area contributed by atoms with Crippen molar-refractivity contribution in [3.63, 3.8) is 0 Å². The molecule has 0 radical (unpaired) electrons. The number of esters is 1. The van der Waals surface area contributed by atoms with E-state index in [1.807, 2.05) is 18.2 Å². The van der Waals surface area contributed by atoms with Crippen molar-refractivity contribution >= 4 is 5.97 Å². The van der Waals surface area contributed by atoms with Crippen molar-refractivity contribution in [2.75, 3.05) is 0 Å². The molecule has 1 fully saturated rings. The van der Waals surface area contributed by atoms with Crippen molar-refractivity contribution in [1.29, 1.82) is 0 Å². The maximum absolute atomic E-state index is 11.4. The largest absolute Gasteiger partial charge is 0.462 e. The first-order valence-electron chi connectivity index (χ1n) is 6.09. The minimum absolute atomic E-state index is 0.145. The summed E-state index contributed by atoms with van der Waals surface area (Å²) in [5.74, 6) is -0.662. The van der Waals surface area contributed by atoms with Crippen LogP contribution in [-0.4, -0.2) is 23.3 Å². The molecular formula is C14H18O3. The Bertz CT molecular complexity index is 374. The molecular weight excluding hydrogens is 216 g/mol. The van der Waals surface area contributed by atoms with Crippen molar-refractivity contribution in [3.8, 4) is 0 Å². The number of hydrogen-bond donors (Lipinski definition) is 1. The molecule has 1 aliphatic rings. The van der Waals surface area contributed by atoms with Crippen molar-refractivity contribution in [2.24, 2.45) is 5.92 Å². The summed E-state index contributed by atoms with van der Waals surface area (Å²) in [6, 6.07) is 10.1. The maximum atomic E-state index is 11.4. The fourth-order valence-electron chi connectivity index (χ4n) is 2.10. The Kier molecular flexibility index (Phi) is 3.79. The number of hydrogen-bond acceptors (Lipinski definition) is 3. The number of benzene rings is 1. The van der Waals surface area contributed by atoms with E-state index in [2.05, 4.69) is 12.1 Å². The van der Waals surface area contributed by atoms with Crippen LogP contribution in [0.25, 0.3) is 0 Å². The van der Waals surface area contributed by atoms with Crippen LogP contribution in [0.1, 0.15) is 25.3 Å². The minimum Gasteiger partial charge on any atom is -0.462 e. The predicted molar refractivity (Wildman–Crippen MR) is 64.4 cm³/mol. The fraction of sp³-hybridized carbons (Fsp3) is 0.500. The molecule has 0 unspecified atom stereocenters. The number of cyclic esters (lactones) is 1. The van der Waals surface area contributed by atoms with E-state index in [-0.39, 0.29) is 18.0 Å². The van der Waals surface area contributed by atoms with Gasteiger partial charge >= 0.3 is 5.97 Å². The Morgan fingerprint density at radius 3 is 2.71 bits per heavy atom. The molecule has 92 valence electrons.